The average Bonchev–Trinajstić information content (AvgIpc) is 2.64. The highest BCUT2D eigenvalue weighted by Crippen LogP contribution is 2.12. The number of carboxylic acids is 1. The van der Waals surface area contributed by atoms with Crippen LogP contribution >= 0.6 is 12.6 Å². The second-order valence-corrected chi connectivity index (χ2v) is 6.49. The molecule has 0 heterocycles. The first-order chi connectivity index (χ1) is 13.1. The fourth-order valence-corrected chi connectivity index (χ4v) is 2.49. The minimum absolute atomic E-state index is 0.00308. The van der Waals surface area contributed by atoms with Gasteiger partial charge in [-0.1, -0.05) is 12.1 Å². The number of aliphatic carboxylic acids is 1. The summed E-state index contributed by atoms with van der Waals surface area (Å²) in [6.45, 7) is 0. The number of phenols is 1. The van der Waals surface area contributed by atoms with Gasteiger partial charge in [-0.15, -0.1) is 0 Å². The molecule has 0 aliphatic heterocycles. The maximum absolute atomic E-state index is 12.5. The maximum Gasteiger partial charge on any atom is 0.327 e. The SMILES string of the molecule is NC(=O)CC[C@H](N)C(=O)N[C@@H](Cc1ccc(O)cc1)C(=O)N[C@@H](CS)C(=O)O. The molecule has 8 N–H and O–H groups in total. The Kier molecular flexibility index (Phi) is 9.25. The summed E-state index contributed by atoms with van der Waals surface area (Å²) in [5, 5.41) is 23.2. The van der Waals surface area contributed by atoms with E-state index >= 15 is 0 Å². The van der Waals surface area contributed by atoms with Gasteiger partial charge in [0.2, 0.25) is 17.7 Å². The molecule has 3 amide bonds. The minimum Gasteiger partial charge on any atom is -0.508 e. The van der Waals surface area contributed by atoms with E-state index < -0.39 is 41.8 Å². The number of nitrogens with one attached hydrogen (secondary N) is 2. The van der Waals surface area contributed by atoms with Crippen LogP contribution in [0.3, 0.4) is 0 Å². The fraction of sp³-hybridized carbons (Fsp3) is 0.412. The van der Waals surface area contributed by atoms with E-state index in [-0.39, 0.29) is 30.8 Å². The largest absolute Gasteiger partial charge is 0.508 e. The number of rotatable bonds is 11. The van der Waals surface area contributed by atoms with E-state index in [0.717, 1.165) is 0 Å². The minimum atomic E-state index is -1.27. The number of amides is 3. The van der Waals surface area contributed by atoms with Crippen LogP contribution in [0.15, 0.2) is 24.3 Å². The van der Waals surface area contributed by atoms with Gasteiger partial charge in [-0.2, -0.15) is 12.6 Å². The van der Waals surface area contributed by atoms with E-state index in [4.69, 9.17) is 16.6 Å². The molecule has 3 atom stereocenters. The zero-order valence-corrected chi connectivity index (χ0v) is 15.9. The van der Waals surface area contributed by atoms with Gasteiger partial charge < -0.3 is 32.3 Å². The number of thiol groups is 1. The Labute approximate surface area is 167 Å². The fourth-order valence-electron chi connectivity index (χ4n) is 2.24. The van der Waals surface area contributed by atoms with Crippen molar-refractivity contribution >= 4 is 36.3 Å². The molecule has 0 fully saturated rings. The van der Waals surface area contributed by atoms with Crippen LogP contribution in [0.25, 0.3) is 0 Å². The summed E-state index contributed by atoms with van der Waals surface area (Å²) < 4.78 is 0. The van der Waals surface area contributed by atoms with Crippen molar-refractivity contribution in [3.8, 4) is 5.75 Å². The maximum atomic E-state index is 12.5. The molecule has 1 aromatic rings. The number of carbonyl (C=O) groups excluding carboxylic acids is 3. The van der Waals surface area contributed by atoms with E-state index in [0.29, 0.717) is 5.56 Å². The number of carbonyl (C=O) groups is 4. The number of carboxylic acid groups (broad SMARTS) is 1. The van der Waals surface area contributed by atoms with Gasteiger partial charge in [-0.05, 0) is 24.1 Å². The number of hydrogen-bond acceptors (Lipinski definition) is 7. The van der Waals surface area contributed by atoms with Crippen LogP contribution in [-0.2, 0) is 25.6 Å². The summed E-state index contributed by atoms with van der Waals surface area (Å²) >= 11 is 3.88. The van der Waals surface area contributed by atoms with Gasteiger partial charge in [0.25, 0.3) is 0 Å². The molecule has 10 nitrogen and oxygen atoms in total. The van der Waals surface area contributed by atoms with E-state index in [1.165, 1.54) is 12.1 Å². The lowest BCUT2D eigenvalue weighted by Gasteiger charge is -2.22. The first-order valence-corrected chi connectivity index (χ1v) is 9.03. The Hall–Kier alpha value is -2.79. The van der Waals surface area contributed by atoms with Gasteiger partial charge in [-0.25, -0.2) is 4.79 Å². The van der Waals surface area contributed by atoms with Gasteiger partial charge in [0, 0.05) is 18.6 Å². The monoisotopic (exact) mass is 412 g/mol. The van der Waals surface area contributed by atoms with Crippen LogP contribution in [0, 0.1) is 0 Å². The van der Waals surface area contributed by atoms with Gasteiger partial charge in [0.05, 0.1) is 6.04 Å². The highest BCUT2D eigenvalue weighted by Gasteiger charge is 2.27. The molecule has 0 saturated carbocycles. The second kappa shape index (κ2) is 11.1. The summed E-state index contributed by atoms with van der Waals surface area (Å²) in [6.07, 6.45) is -0.0629. The topological polar surface area (TPSA) is 185 Å². The third-order valence-electron chi connectivity index (χ3n) is 3.84. The Morgan fingerprint density at radius 3 is 2.11 bits per heavy atom. The van der Waals surface area contributed by atoms with Gasteiger partial charge in [0.15, 0.2) is 0 Å². The standard InChI is InChI=1S/C17H24N4O6S/c18-11(5-6-14(19)23)15(24)20-12(7-9-1-3-10(22)4-2-9)16(25)21-13(8-28)17(26)27/h1-4,11-13,22,28H,5-8,18H2,(H2,19,23)(H,20,24)(H,21,25)(H,26,27)/t11-,12-,13-/m0/s1. The number of benzene rings is 1. The molecule has 1 aromatic carbocycles. The summed E-state index contributed by atoms with van der Waals surface area (Å²) in [5.41, 5.74) is 11.4. The number of primary amides is 1. The molecule has 0 radical (unpaired) electrons. The molecule has 0 bridgehead atoms. The quantitative estimate of drug-likeness (QED) is 0.216. The number of hydrogen-bond donors (Lipinski definition) is 7. The highest BCUT2D eigenvalue weighted by atomic mass is 32.1. The Morgan fingerprint density at radius 1 is 1.04 bits per heavy atom. The third-order valence-corrected chi connectivity index (χ3v) is 4.21. The summed E-state index contributed by atoms with van der Waals surface area (Å²) in [5.74, 6) is -3.40. The second-order valence-electron chi connectivity index (χ2n) is 6.13. The lowest BCUT2D eigenvalue weighted by molar-refractivity contribution is -0.141. The Bertz CT molecular complexity index is 712. The zero-order chi connectivity index (χ0) is 21.3. The van der Waals surface area contributed by atoms with E-state index in [9.17, 15) is 24.3 Å². The lowest BCUT2D eigenvalue weighted by atomic mass is 10.0. The first-order valence-electron chi connectivity index (χ1n) is 8.40. The first kappa shape index (κ1) is 23.2. The van der Waals surface area contributed by atoms with E-state index in [2.05, 4.69) is 23.3 Å². The van der Waals surface area contributed by atoms with Crippen LogP contribution in [0.5, 0.6) is 5.75 Å². The highest BCUT2D eigenvalue weighted by molar-refractivity contribution is 7.80. The molecule has 0 aliphatic rings. The smallest absolute Gasteiger partial charge is 0.327 e. The molecule has 0 aliphatic carbocycles. The van der Waals surface area contributed by atoms with E-state index in [1.54, 1.807) is 12.1 Å². The van der Waals surface area contributed by atoms with Crippen molar-refractivity contribution in [3.63, 3.8) is 0 Å². The Morgan fingerprint density at radius 2 is 1.61 bits per heavy atom. The normalized spacial score (nSPS) is 13.8. The van der Waals surface area contributed by atoms with Crippen LogP contribution in [0.4, 0.5) is 0 Å². The average molecular weight is 412 g/mol. The van der Waals surface area contributed by atoms with Crippen LogP contribution in [0.1, 0.15) is 18.4 Å². The third kappa shape index (κ3) is 7.84. The van der Waals surface area contributed by atoms with Crippen LogP contribution in [0.2, 0.25) is 0 Å². The van der Waals surface area contributed by atoms with Crippen molar-refractivity contribution in [2.24, 2.45) is 11.5 Å². The van der Waals surface area contributed by atoms with Crippen LogP contribution < -0.4 is 22.1 Å². The van der Waals surface area contributed by atoms with Crippen molar-refractivity contribution in [2.45, 2.75) is 37.4 Å². The van der Waals surface area contributed by atoms with Crippen molar-refractivity contribution in [2.75, 3.05) is 5.75 Å². The van der Waals surface area contributed by atoms with Crippen LogP contribution in [-0.4, -0.2) is 57.8 Å². The molecule has 0 unspecified atom stereocenters. The zero-order valence-electron chi connectivity index (χ0n) is 15.0. The lowest BCUT2D eigenvalue weighted by Crippen LogP contribution is -2.55. The van der Waals surface area contributed by atoms with Crippen molar-refractivity contribution in [3.05, 3.63) is 29.8 Å². The van der Waals surface area contributed by atoms with E-state index in [1.807, 2.05) is 0 Å². The number of aromatic hydroxyl groups is 1. The number of phenolic OH excluding ortho intramolecular Hbond substituents is 1. The molecule has 28 heavy (non-hydrogen) atoms. The molecule has 154 valence electrons. The molecular formula is C17H24N4O6S. The summed E-state index contributed by atoms with van der Waals surface area (Å²) in [4.78, 5) is 46.7. The molecule has 0 saturated heterocycles. The van der Waals surface area contributed by atoms with Crippen molar-refractivity contribution in [1.29, 1.82) is 0 Å². The molecule has 0 aromatic heterocycles. The molecule has 1 rings (SSSR count). The number of nitrogens with two attached hydrogens (primary N) is 2. The van der Waals surface area contributed by atoms with Crippen molar-refractivity contribution in [1.82, 2.24) is 10.6 Å². The summed E-state index contributed by atoms with van der Waals surface area (Å²) in [6, 6.07) is 2.51. The predicted molar refractivity (Wildman–Crippen MR) is 104 cm³/mol. The van der Waals surface area contributed by atoms with Gasteiger partial charge >= 0.3 is 5.97 Å². The summed E-state index contributed by atoms with van der Waals surface area (Å²) in [7, 11) is 0. The molecule has 11 heteroatoms. The Balaban J connectivity index is 2.91. The van der Waals surface area contributed by atoms with Gasteiger partial charge in [-0.3, -0.25) is 14.4 Å². The van der Waals surface area contributed by atoms with Crippen molar-refractivity contribution < 1.29 is 29.4 Å². The predicted octanol–water partition coefficient (Wildman–Crippen LogP) is -1.49. The molecule has 0 spiro atoms. The molecular weight excluding hydrogens is 388 g/mol. The van der Waals surface area contributed by atoms with Gasteiger partial charge in [0.1, 0.15) is 17.8 Å².